The van der Waals surface area contributed by atoms with Gasteiger partial charge in [-0.05, 0) is 30.7 Å². The molecule has 0 aliphatic carbocycles. The van der Waals surface area contributed by atoms with Crippen molar-refractivity contribution in [2.75, 3.05) is 44.2 Å². The summed E-state index contributed by atoms with van der Waals surface area (Å²) < 4.78 is 1.05. The molecule has 1 fully saturated rings. The average Bonchev–Trinajstić information content (AvgIpc) is 3.38. The Balaban J connectivity index is 1.09. The third kappa shape index (κ3) is 5.28. The number of nitrogens with zero attached hydrogens (tertiary/aromatic N) is 3. The van der Waals surface area contributed by atoms with Gasteiger partial charge in [0.15, 0.2) is 10.9 Å². The first kappa shape index (κ1) is 24.4. The van der Waals surface area contributed by atoms with Crippen molar-refractivity contribution in [2.24, 2.45) is 0 Å². The molecule has 0 unspecified atom stereocenters. The minimum absolute atomic E-state index is 0.0502. The van der Waals surface area contributed by atoms with E-state index in [1.165, 1.54) is 0 Å². The number of carbonyl (C=O) groups is 2. The first-order valence-corrected chi connectivity index (χ1v) is 13.2. The number of thiazole rings is 1. The van der Waals surface area contributed by atoms with Crippen LogP contribution in [0.3, 0.4) is 0 Å². The molecule has 6 nitrogen and oxygen atoms in total. The van der Waals surface area contributed by atoms with E-state index in [0.717, 1.165) is 58.7 Å². The molecule has 1 aliphatic heterocycles. The smallest absolute Gasteiger partial charge is 0.251 e. The van der Waals surface area contributed by atoms with E-state index in [-0.39, 0.29) is 11.7 Å². The Kier molecular flexibility index (Phi) is 7.32. The summed E-state index contributed by atoms with van der Waals surface area (Å²) in [4.78, 5) is 34.6. The van der Waals surface area contributed by atoms with Crippen LogP contribution in [0, 0.1) is 6.92 Å². The number of benzene rings is 3. The highest BCUT2D eigenvalue weighted by Gasteiger charge is 2.21. The summed E-state index contributed by atoms with van der Waals surface area (Å²) in [7, 11) is 0. The third-order valence-electron chi connectivity index (χ3n) is 6.49. The van der Waals surface area contributed by atoms with Crippen molar-refractivity contribution in [1.29, 1.82) is 0 Å². The predicted octanol–water partition coefficient (Wildman–Crippen LogP) is 5.04. The van der Waals surface area contributed by atoms with Gasteiger partial charge in [-0.15, -0.1) is 0 Å². The number of anilines is 1. The molecular formula is C28H27ClN4O2S. The minimum Gasteiger partial charge on any atom is -0.351 e. The highest BCUT2D eigenvalue weighted by Crippen LogP contribution is 2.35. The molecule has 8 heteroatoms. The van der Waals surface area contributed by atoms with Crippen molar-refractivity contribution in [1.82, 2.24) is 15.2 Å². The maximum atomic E-state index is 12.6. The Morgan fingerprint density at radius 1 is 0.917 bits per heavy atom. The number of ketones is 1. The Hall–Kier alpha value is -3.26. The quantitative estimate of drug-likeness (QED) is 0.347. The summed E-state index contributed by atoms with van der Waals surface area (Å²) in [6.45, 7) is 7.02. The zero-order chi connectivity index (χ0) is 25.1. The molecule has 4 aromatic rings. The standard InChI is InChI=1S/C28H27ClN4O2S/c1-19-7-12-23(29)26-24(19)31-28(36-26)33-17-15-32(16-18-33)14-13-30-27(35)22-10-8-21(9-11-22)25(34)20-5-3-2-4-6-20/h2-12H,13-18H2,1H3,(H,30,35). The van der Waals surface area contributed by atoms with Crippen molar-refractivity contribution in [3.05, 3.63) is 94.0 Å². The number of halogens is 1. The summed E-state index contributed by atoms with van der Waals surface area (Å²) in [6.07, 6.45) is 0. The van der Waals surface area contributed by atoms with Gasteiger partial charge in [-0.25, -0.2) is 4.98 Å². The van der Waals surface area contributed by atoms with Gasteiger partial charge in [0, 0.05) is 56.0 Å². The molecular weight excluding hydrogens is 492 g/mol. The molecule has 36 heavy (non-hydrogen) atoms. The molecule has 0 atom stereocenters. The number of fused-ring (bicyclic) bond motifs is 1. The molecule has 1 amide bonds. The van der Waals surface area contributed by atoms with Crippen LogP contribution in [0.5, 0.6) is 0 Å². The molecule has 3 aromatic carbocycles. The first-order chi connectivity index (χ1) is 17.5. The predicted molar refractivity (Wildman–Crippen MR) is 147 cm³/mol. The summed E-state index contributed by atoms with van der Waals surface area (Å²) in [5, 5.41) is 4.77. The normalized spacial score (nSPS) is 14.2. The molecule has 1 N–H and O–H groups in total. The van der Waals surface area contributed by atoms with Crippen LogP contribution in [0.2, 0.25) is 5.02 Å². The zero-order valence-corrected chi connectivity index (χ0v) is 21.6. The van der Waals surface area contributed by atoms with Gasteiger partial charge in [-0.3, -0.25) is 14.5 Å². The van der Waals surface area contributed by atoms with Crippen LogP contribution in [0.4, 0.5) is 5.13 Å². The van der Waals surface area contributed by atoms with Crippen LogP contribution in [0.15, 0.2) is 66.7 Å². The fraction of sp³-hybridized carbons (Fsp3) is 0.250. The number of nitrogens with one attached hydrogen (secondary N) is 1. The summed E-state index contributed by atoms with van der Waals surface area (Å²) in [5.74, 6) is -0.181. The number of hydrogen-bond acceptors (Lipinski definition) is 6. The number of amides is 1. The third-order valence-corrected chi connectivity index (χ3v) is 8.06. The van der Waals surface area contributed by atoms with E-state index in [2.05, 4.69) is 22.0 Å². The lowest BCUT2D eigenvalue weighted by Gasteiger charge is -2.34. The fourth-order valence-electron chi connectivity index (χ4n) is 4.35. The molecule has 1 aliphatic rings. The molecule has 0 radical (unpaired) electrons. The molecule has 0 saturated carbocycles. The van der Waals surface area contributed by atoms with Gasteiger partial charge >= 0.3 is 0 Å². The Labute approximate surface area is 219 Å². The number of hydrogen-bond donors (Lipinski definition) is 1. The maximum Gasteiger partial charge on any atom is 0.251 e. The average molecular weight is 519 g/mol. The second-order valence-corrected chi connectivity index (χ2v) is 10.3. The van der Waals surface area contributed by atoms with Gasteiger partial charge in [-0.2, -0.15) is 0 Å². The van der Waals surface area contributed by atoms with Gasteiger partial charge in [0.2, 0.25) is 0 Å². The van der Waals surface area contributed by atoms with Crippen LogP contribution in [0.1, 0.15) is 31.8 Å². The highest BCUT2D eigenvalue weighted by molar-refractivity contribution is 7.22. The van der Waals surface area contributed by atoms with Crippen molar-refractivity contribution in [2.45, 2.75) is 6.92 Å². The lowest BCUT2D eigenvalue weighted by molar-refractivity contribution is 0.0946. The van der Waals surface area contributed by atoms with Crippen LogP contribution < -0.4 is 10.2 Å². The number of rotatable bonds is 7. The van der Waals surface area contributed by atoms with Crippen LogP contribution in [-0.2, 0) is 0 Å². The molecule has 0 bridgehead atoms. The van der Waals surface area contributed by atoms with Gasteiger partial charge in [0.25, 0.3) is 5.91 Å². The van der Waals surface area contributed by atoms with Crippen LogP contribution in [0.25, 0.3) is 10.2 Å². The van der Waals surface area contributed by atoms with Gasteiger partial charge in [0.05, 0.1) is 15.2 Å². The monoisotopic (exact) mass is 518 g/mol. The van der Waals surface area contributed by atoms with Gasteiger partial charge < -0.3 is 10.2 Å². The van der Waals surface area contributed by atoms with Gasteiger partial charge in [-0.1, -0.05) is 71.5 Å². The molecule has 1 aromatic heterocycles. The number of carbonyl (C=O) groups excluding carboxylic acids is 2. The van der Waals surface area contributed by atoms with E-state index in [4.69, 9.17) is 16.6 Å². The second kappa shape index (κ2) is 10.8. The van der Waals surface area contributed by atoms with E-state index < -0.39 is 0 Å². The highest BCUT2D eigenvalue weighted by atomic mass is 35.5. The molecule has 1 saturated heterocycles. The topological polar surface area (TPSA) is 65.5 Å². The lowest BCUT2D eigenvalue weighted by Crippen LogP contribution is -2.48. The van der Waals surface area contributed by atoms with Crippen molar-refractivity contribution in [3.8, 4) is 0 Å². The molecule has 184 valence electrons. The minimum atomic E-state index is -0.130. The molecule has 2 heterocycles. The van der Waals surface area contributed by atoms with Gasteiger partial charge in [0.1, 0.15) is 0 Å². The zero-order valence-electron chi connectivity index (χ0n) is 20.0. The lowest BCUT2D eigenvalue weighted by atomic mass is 10.0. The maximum absolute atomic E-state index is 12.6. The van der Waals surface area contributed by atoms with E-state index in [9.17, 15) is 9.59 Å². The first-order valence-electron chi connectivity index (χ1n) is 12.0. The Morgan fingerprint density at radius 2 is 1.58 bits per heavy atom. The van der Waals surface area contributed by atoms with E-state index in [1.54, 1.807) is 47.7 Å². The van der Waals surface area contributed by atoms with Crippen LogP contribution >= 0.6 is 22.9 Å². The van der Waals surface area contributed by atoms with Crippen LogP contribution in [-0.4, -0.2) is 60.8 Å². The second-order valence-electron chi connectivity index (χ2n) is 8.90. The van der Waals surface area contributed by atoms with Crippen molar-refractivity contribution < 1.29 is 9.59 Å². The number of aryl methyl sites for hydroxylation is 1. The molecule has 5 rings (SSSR count). The largest absolute Gasteiger partial charge is 0.351 e. The molecule has 0 spiro atoms. The Bertz CT molecular complexity index is 1340. The fourth-order valence-corrected chi connectivity index (χ4v) is 5.72. The summed E-state index contributed by atoms with van der Waals surface area (Å²) in [5.41, 5.74) is 3.89. The van der Waals surface area contributed by atoms with E-state index in [0.29, 0.717) is 23.2 Å². The number of aromatic nitrogens is 1. The SMILES string of the molecule is Cc1ccc(Cl)c2sc(N3CCN(CCNC(=O)c4ccc(C(=O)c5ccccc5)cc4)CC3)nc12. The van der Waals surface area contributed by atoms with Crippen molar-refractivity contribution in [3.63, 3.8) is 0 Å². The van der Waals surface area contributed by atoms with E-state index in [1.807, 2.05) is 30.3 Å². The van der Waals surface area contributed by atoms with Crippen molar-refractivity contribution >= 4 is 50.0 Å². The number of piperazine rings is 1. The summed E-state index contributed by atoms with van der Waals surface area (Å²) >= 11 is 8.03. The summed E-state index contributed by atoms with van der Waals surface area (Å²) in [6, 6.07) is 19.9. The Morgan fingerprint density at radius 3 is 2.28 bits per heavy atom. The van der Waals surface area contributed by atoms with E-state index >= 15 is 0 Å².